The summed E-state index contributed by atoms with van der Waals surface area (Å²) in [6, 6.07) is 27.3. The minimum atomic E-state index is -0.781. The number of nitrogens with zero attached hydrogens (tertiary/aromatic N) is 3. The molecule has 0 saturated carbocycles. The topological polar surface area (TPSA) is 79.0 Å². The lowest BCUT2D eigenvalue weighted by atomic mass is 10.0. The molecule has 1 aliphatic rings. The predicted octanol–water partition coefficient (Wildman–Crippen LogP) is 5.09. The van der Waals surface area contributed by atoms with Crippen molar-refractivity contribution in [3.63, 3.8) is 0 Å². The molecular weight excluding hydrogens is 478 g/mol. The van der Waals surface area contributed by atoms with Gasteiger partial charge in [0.15, 0.2) is 0 Å². The molecule has 7 nitrogen and oxygen atoms in total. The summed E-state index contributed by atoms with van der Waals surface area (Å²) >= 11 is 0. The number of rotatable bonds is 10. The lowest BCUT2D eigenvalue weighted by Crippen LogP contribution is -2.53. The number of aryl methyl sites for hydroxylation is 1. The summed E-state index contributed by atoms with van der Waals surface area (Å²) in [6.45, 7) is 5.48. The maximum Gasteiger partial charge on any atom is 0.321 e. The van der Waals surface area contributed by atoms with Crippen LogP contribution in [0, 0.1) is 6.92 Å². The highest BCUT2D eigenvalue weighted by Crippen LogP contribution is 2.23. The fraction of sp³-hybridized carbons (Fsp3) is 0.290. The van der Waals surface area contributed by atoms with Crippen LogP contribution in [0.4, 0.5) is 5.69 Å². The maximum atomic E-state index is 12.1. The standard InChI is InChI=1S/C31H33N3O4/c1-23-28(32-30(38-23)25-8-4-2-5-9-25)16-21-37-27-14-12-24(13-15-27)22-29(31(35)36)34-19-17-33(18-20-34)26-10-6-3-7-11-26/h2-15,29H,16-22H2,1H3,(H,35,36)/t29-/m0/s1. The first-order chi connectivity index (χ1) is 18.6. The van der Waals surface area contributed by atoms with Gasteiger partial charge in [-0.2, -0.15) is 0 Å². The van der Waals surface area contributed by atoms with Crippen LogP contribution in [0.3, 0.4) is 0 Å². The van der Waals surface area contributed by atoms with Crippen molar-refractivity contribution in [1.82, 2.24) is 9.88 Å². The van der Waals surface area contributed by atoms with Crippen LogP contribution < -0.4 is 9.64 Å². The SMILES string of the molecule is Cc1oc(-c2ccccc2)nc1CCOc1ccc(C[C@@H](C(=O)O)N2CCN(c3ccccc3)CC2)cc1. The second-order valence-electron chi connectivity index (χ2n) is 9.55. The molecule has 0 unspecified atom stereocenters. The number of para-hydroxylation sites is 1. The van der Waals surface area contributed by atoms with Gasteiger partial charge in [-0.05, 0) is 55.3 Å². The minimum Gasteiger partial charge on any atom is -0.493 e. The van der Waals surface area contributed by atoms with Crippen LogP contribution in [0.2, 0.25) is 0 Å². The number of hydrogen-bond acceptors (Lipinski definition) is 6. The Morgan fingerprint density at radius 1 is 0.947 bits per heavy atom. The highest BCUT2D eigenvalue weighted by molar-refractivity contribution is 5.74. The molecule has 3 aromatic carbocycles. The molecule has 38 heavy (non-hydrogen) atoms. The summed E-state index contributed by atoms with van der Waals surface area (Å²) in [7, 11) is 0. The zero-order valence-corrected chi connectivity index (χ0v) is 21.6. The number of carbonyl (C=O) groups is 1. The van der Waals surface area contributed by atoms with Gasteiger partial charge in [-0.25, -0.2) is 4.98 Å². The van der Waals surface area contributed by atoms with E-state index in [4.69, 9.17) is 9.15 Å². The van der Waals surface area contributed by atoms with E-state index in [2.05, 4.69) is 26.9 Å². The number of ether oxygens (including phenoxy) is 1. The second kappa shape index (κ2) is 12.0. The van der Waals surface area contributed by atoms with Crippen molar-refractivity contribution in [2.45, 2.75) is 25.8 Å². The Hall–Kier alpha value is -4.10. The molecule has 1 N–H and O–H groups in total. The molecule has 5 rings (SSSR count). The molecule has 1 fully saturated rings. The Bertz CT molecular complexity index is 1310. The van der Waals surface area contributed by atoms with Crippen LogP contribution in [0.25, 0.3) is 11.5 Å². The van der Waals surface area contributed by atoms with Crippen LogP contribution in [-0.4, -0.2) is 59.8 Å². The van der Waals surface area contributed by atoms with Crippen molar-refractivity contribution in [3.8, 4) is 17.2 Å². The fourth-order valence-electron chi connectivity index (χ4n) is 4.88. The van der Waals surface area contributed by atoms with E-state index >= 15 is 0 Å². The van der Waals surface area contributed by atoms with E-state index < -0.39 is 12.0 Å². The van der Waals surface area contributed by atoms with E-state index in [1.54, 1.807) is 0 Å². The number of benzene rings is 3. The lowest BCUT2D eigenvalue weighted by molar-refractivity contribution is -0.143. The second-order valence-corrected chi connectivity index (χ2v) is 9.55. The summed E-state index contributed by atoms with van der Waals surface area (Å²) in [5.41, 5.74) is 4.01. The maximum absolute atomic E-state index is 12.1. The van der Waals surface area contributed by atoms with Crippen LogP contribution in [0.1, 0.15) is 17.0 Å². The van der Waals surface area contributed by atoms with Gasteiger partial charge in [-0.3, -0.25) is 9.69 Å². The van der Waals surface area contributed by atoms with Gasteiger partial charge in [0.2, 0.25) is 5.89 Å². The van der Waals surface area contributed by atoms with Crippen LogP contribution in [0.5, 0.6) is 5.75 Å². The number of carboxylic acids is 1. The average Bonchev–Trinajstić information content (AvgIpc) is 3.33. The molecule has 1 aromatic heterocycles. The Kier molecular flexibility index (Phi) is 8.04. The number of aromatic nitrogens is 1. The largest absolute Gasteiger partial charge is 0.493 e. The van der Waals surface area contributed by atoms with Crippen molar-refractivity contribution < 1.29 is 19.1 Å². The summed E-state index contributed by atoms with van der Waals surface area (Å²) in [5.74, 6) is 1.39. The molecule has 0 bridgehead atoms. The van der Waals surface area contributed by atoms with Crippen LogP contribution >= 0.6 is 0 Å². The molecule has 0 spiro atoms. The van der Waals surface area contributed by atoms with E-state index in [0.717, 1.165) is 54.5 Å². The van der Waals surface area contributed by atoms with Crippen molar-refractivity contribution in [1.29, 1.82) is 0 Å². The van der Waals surface area contributed by atoms with E-state index in [0.29, 0.717) is 25.3 Å². The third-order valence-corrected chi connectivity index (χ3v) is 7.03. The molecule has 1 saturated heterocycles. The van der Waals surface area contributed by atoms with Gasteiger partial charge in [0, 0.05) is 43.9 Å². The Morgan fingerprint density at radius 2 is 1.61 bits per heavy atom. The Balaban J connectivity index is 1.12. The molecule has 2 heterocycles. The zero-order chi connectivity index (χ0) is 26.3. The van der Waals surface area contributed by atoms with Crippen LogP contribution in [-0.2, 0) is 17.6 Å². The van der Waals surface area contributed by atoms with Gasteiger partial charge in [0.1, 0.15) is 17.6 Å². The molecular formula is C31H33N3O4. The molecule has 196 valence electrons. The lowest BCUT2D eigenvalue weighted by Gasteiger charge is -2.38. The van der Waals surface area contributed by atoms with Crippen molar-refractivity contribution in [2.75, 3.05) is 37.7 Å². The molecule has 0 amide bonds. The van der Waals surface area contributed by atoms with Gasteiger partial charge < -0.3 is 19.2 Å². The summed E-state index contributed by atoms with van der Waals surface area (Å²) < 4.78 is 11.8. The van der Waals surface area contributed by atoms with Gasteiger partial charge in [0.05, 0.1) is 12.3 Å². The number of aliphatic carboxylic acids is 1. The monoisotopic (exact) mass is 511 g/mol. The first-order valence-corrected chi connectivity index (χ1v) is 13.1. The summed E-state index contributed by atoms with van der Waals surface area (Å²) in [5, 5.41) is 9.95. The summed E-state index contributed by atoms with van der Waals surface area (Å²) in [4.78, 5) is 21.1. The van der Waals surface area contributed by atoms with Gasteiger partial charge >= 0.3 is 5.97 Å². The van der Waals surface area contributed by atoms with E-state index in [-0.39, 0.29) is 0 Å². The third kappa shape index (κ3) is 6.23. The highest BCUT2D eigenvalue weighted by Gasteiger charge is 2.29. The third-order valence-electron chi connectivity index (χ3n) is 7.03. The molecule has 1 aliphatic heterocycles. The van der Waals surface area contributed by atoms with Gasteiger partial charge in [0.25, 0.3) is 0 Å². The molecule has 7 heteroatoms. The van der Waals surface area contributed by atoms with Crippen LogP contribution in [0.15, 0.2) is 89.3 Å². The Labute approximate surface area is 223 Å². The first kappa shape index (κ1) is 25.5. The quantitative estimate of drug-likeness (QED) is 0.318. The van der Waals surface area contributed by atoms with E-state index in [9.17, 15) is 9.90 Å². The number of hydrogen-bond donors (Lipinski definition) is 1. The minimum absolute atomic E-state index is 0.460. The van der Waals surface area contributed by atoms with Crippen molar-refractivity contribution in [2.24, 2.45) is 0 Å². The molecule has 1 atom stereocenters. The van der Waals surface area contributed by atoms with Crippen molar-refractivity contribution in [3.05, 3.63) is 102 Å². The van der Waals surface area contributed by atoms with E-state index in [1.807, 2.05) is 79.7 Å². The number of oxazole rings is 1. The number of carboxylic acid groups (broad SMARTS) is 1. The predicted molar refractivity (Wildman–Crippen MR) is 148 cm³/mol. The summed E-state index contributed by atoms with van der Waals surface area (Å²) in [6.07, 6.45) is 1.10. The van der Waals surface area contributed by atoms with Gasteiger partial charge in [-0.1, -0.05) is 48.5 Å². The number of anilines is 1. The van der Waals surface area contributed by atoms with E-state index in [1.165, 1.54) is 5.69 Å². The highest BCUT2D eigenvalue weighted by atomic mass is 16.5. The average molecular weight is 512 g/mol. The molecule has 4 aromatic rings. The zero-order valence-electron chi connectivity index (χ0n) is 21.6. The first-order valence-electron chi connectivity index (χ1n) is 13.1. The Morgan fingerprint density at radius 3 is 2.26 bits per heavy atom. The fourth-order valence-corrected chi connectivity index (χ4v) is 4.88. The van der Waals surface area contributed by atoms with Crippen molar-refractivity contribution >= 4 is 11.7 Å². The smallest absolute Gasteiger partial charge is 0.321 e. The van der Waals surface area contributed by atoms with Gasteiger partial charge in [-0.15, -0.1) is 0 Å². The molecule has 0 radical (unpaired) electrons. The molecule has 0 aliphatic carbocycles. The number of piperazine rings is 1. The normalized spacial score (nSPS) is 14.8.